The number of benzene rings is 1. The van der Waals surface area contributed by atoms with Crippen LogP contribution in [-0.4, -0.2) is 24.5 Å². The molecule has 3 amide bonds. The van der Waals surface area contributed by atoms with Crippen LogP contribution in [0.4, 0.5) is 9.18 Å². The molecule has 0 aliphatic rings. The SMILES string of the molecule is CC(C)NC(=O)NC(=O)C[NH2+][C@H](c1ccc(F)cc1)C(C)C. The summed E-state index contributed by atoms with van der Waals surface area (Å²) in [4.78, 5) is 23.2. The van der Waals surface area contributed by atoms with Gasteiger partial charge in [0.25, 0.3) is 5.91 Å². The van der Waals surface area contributed by atoms with Gasteiger partial charge in [-0.15, -0.1) is 0 Å². The Morgan fingerprint density at radius 2 is 1.73 bits per heavy atom. The summed E-state index contributed by atoms with van der Waals surface area (Å²) < 4.78 is 13.0. The smallest absolute Gasteiger partial charge is 0.321 e. The lowest BCUT2D eigenvalue weighted by molar-refractivity contribution is -0.692. The second-order valence-corrected chi connectivity index (χ2v) is 5.94. The average Bonchev–Trinajstić information content (AvgIpc) is 2.39. The van der Waals surface area contributed by atoms with E-state index >= 15 is 0 Å². The first-order valence-electron chi connectivity index (χ1n) is 7.48. The third kappa shape index (κ3) is 6.22. The number of rotatable bonds is 6. The monoisotopic (exact) mass is 310 g/mol. The topological polar surface area (TPSA) is 74.8 Å². The Bertz CT molecular complexity index is 501. The van der Waals surface area contributed by atoms with Gasteiger partial charge in [-0.3, -0.25) is 10.1 Å². The molecule has 0 bridgehead atoms. The van der Waals surface area contributed by atoms with Crippen molar-refractivity contribution in [2.24, 2.45) is 5.92 Å². The van der Waals surface area contributed by atoms with E-state index in [-0.39, 0.29) is 36.3 Å². The molecule has 22 heavy (non-hydrogen) atoms. The summed E-state index contributed by atoms with van der Waals surface area (Å²) in [7, 11) is 0. The highest BCUT2D eigenvalue weighted by Crippen LogP contribution is 2.17. The van der Waals surface area contributed by atoms with Crippen molar-refractivity contribution in [1.82, 2.24) is 10.6 Å². The molecule has 0 aliphatic heterocycles. The molecule has 0 spiro atoms. The normalized spacial score (nSPS) is 12.3. The predicted octanol–water partition coefficient (Wildman–Crippen LogP) is 1.32. The van der Waals surface area contributed by atoms with E-state index in [4.69, 9.17) is 0 Å². The van der Waals surface area contributed by atoms with Crippen LogP contribution in [-0.2, 0) is 4.79 Å². The van der Waals surface area contributed by atoms with Gasteiger partial charge in [0.05, 0.1) is 0 Å². The summed E-state index contributed by atoms with van der Waals surface area (Å²) in [5.41, 5.74) is 0.954. The van der Waals surface area contributed by atoms with Gasteiger partial charge in [0, 0.05) is 17.5 Å². The predicted molar refractivity (Wildman–Crippen MR) is 82.6 cm³/mol. The van der Waals surface area contributed by atoms with Crippen molar-refractivity contribution in [1.29, 1.82) is 0 Å². The van der Waals surface area contributed by atoms with E-state index < -0.39 is 6.03 Å². The molecule has 5 nitrogen and oxygen atoms in total. The molecule has 122 valence electrons. The highest BCUT2D eigenvalue weighted by Gasteiger charge is 2.21. The molecule has 1 atom stereocenters. The highest BCUT2D eigenvalue weighted by atomic mass is 19.1. The van der Waals surface area contributed by atoms with E-state index in [9.17, 15) is 14.0 Å². The molecule has 0 unspecified atom stereocenters. The molecule has 4 N–H and O–H groups in total. The van der Waals surface area contributed by atoms with Crippen molar-refractivity contribution in [2.75, 3.05) is 6.54 Å². The number of carbonyl (C=O) groups is 2. The number of quaternary nitrogens is 1. The fourth-order valence-electron chi connectivity index (χ4n) is 2.19. The van der Waals surface area contributed by atoms with Gasteiger partial charge in [-0.2, -0.15) is 0 Å². The van der Waals surface area contributed by atoms with Crippen molar-refractivity contribution in [3.05, 3.63) is 35.6 Å². The van der Waals surface area contributed by atoms with Crippen LogP contribution in [0.15, 0.2) is 24.3 Å². The Morgan fingerprint density at radius 3 is 2.23 bits per heavy atom. The maximum atomic E-state index is 13.0. The molecular formula is C16H25FN3O2+. The molecule has 0 aliphatic carbocycles. The van der Waals surface area contributed by atoms with Gasteiger partial charge in [-0.25, -0.2) is 9.18 Å². The number of amides is 3. The zero-order valence-corrected chi connectivity index (χ0v) is 13.5. The van der Waals surface area contributed by atoms with Crippen molar-refractivity contribution >= 4 is 11.9 Å². The van der Waals surface area contributed by atoms with Gasteiger partial charge >= 0.3 is 6.03 Å². The Labute approximate surface area is 130 Å². The molecule has 1 aromatic rings. The Kier molecular flexibility index (Phi) is 6.98. The molecule has 0 heterocycles. The summed E-state index contributed by atoms with van der Waals surface area (Å²) in [5, 5.41) is 6.74. The average molecular weight is 310 g/mol. The lowest BCUT2D eigenvalue weighted by Gasteiger charge is -2.19. The first-order chi connectivity index (χ1) is 10.3. The van der Waals surface area contributed by atoms with E-state index in [1.165, 1.54) is 12.1 Å². The van der Waals surface area contributed by atoms with Crippen molar-refractivity contribution in [2.45, 2.75) is 39.8 Å². The van der Waals surface area contributed by atoms with E-state index in [1.54, 1.807) is 12.1 Å². The zero-order valence-electron chi connectivity index (χ0n) is 13.5. The van der Waals surface area contributed by atoms with Gasteiger partial charge in [-0.05, 0) is 26.0 Å². The standard InChI is InChI=1S/C16H24FN3O2/c1-10(2)15(12-5-7-13(17)8-6-12)18-9-14(21)20-16(22)19-11(3)4/h5-8,10-11,15,18H,9H2,1-4H3,(H2,19,20,21,22)/p+1/t15-/m0/s1. The van der Waals surface area contributed by atoms with Gasteiger partial charge in [-0.1, -0.05) is 26.0 Å². The van der Waals surface area contributed by atoms with Crippen LogP contribution in [0.5, 0.6) is 0 Å². The summed E-state index contributed by atoms with van der Waals surface area (Å²) in [6, 6.07) is 5.78. The Balaban J connectivity index is 2.56. The Morgan fingerprint density at radius 1 is 1.14 bits per heavy atom. The van der Waals surface area contributed by atoms with Gasteiger partial charge in [0.2, 0.25) is 0 Å². The number of imide groups is 1. The van der Waals surface area contributed by atoms with Crippen LogP contribution >= 0.6 is 0 Å². The molecule has 1 aromatic carbocycles. The largest absolute Gasteiger partial charge is 0.336 e. The first kappa shape index (κ1) is 18.1. The second-order valence-electron chi connectivity index (χ2n) is 5.94. The van der Waals surface area contributed by atoms with Crippen LogP contribution in [0.3, 0.4) is 0 Å². The van der Waals surface area contributed by atoms with Crippen LogP contribution in [0, 0.1) is 11.7 Å². The summed E-state index contributed by atoms with van der Waals surface area (Å²) in [6.07, 6.45) is 0. The number of hydrogen-bond acceptors (Lipinski definition) is 2. The molecule has 6 heteroatoms. The number of hydrogen-bond donors (Lipinski definition) is 3. The van der Waals surface area contributed by atoms with Crippen LogP contribution in [0.2, 0.25) is 0 Å². The number of carbonyl (C=O) groups excluding carboxylic acids is 2. The zero-order chi connectivity index (χ0) is 16.7. The minimum absolute atomic E-state index is 0.0273. The number of halogens is 1. The lowest BCUT2D eigenvalue weighted by Crippen LogP contribution is -2.88. The summed E-state index contributed by atoms with van der Waals surface area (Å²) in [6.45, 7) is 7.84. The Hall–Kier alpha value is -1.95. The lowest BCUT2D eigenvalue weighted by atomic mass is 9.96. The van der Waals surface area contributed by atoms with E-state index in [0.29, 0.717) is 0 Å². The van der Waals surface area contributed by atoms with E-state index in [0.717, 1.165) is 5.56 Å². The molecule has 0 saturated carbocycles. The van der Waals surface area contributed by atoms with Gasteiger partial charge in [0.15, 0.2) is 6.54 Å². The maximum absolute atomic E-state index is 13.0. The van der Waals surface area contributed by atoms with E-state index in [2.05, 4.69) is 10.6 Å². The third-order valence-electron chi connectivity index (χ3n) is 3.20. The number of urea groups is 1. The van der Waals surface area contributed by atoms with Gasteiger partial charge < -0.3 is 10.6 Å². The van der Waals surface area contributed by atoms with Crippen molar-refractivity contribution in [3.63, 3.8) is 0 Å². The van der Waals surface area contributed by atoms with Crippen LogP contribution < -0.4 is 16.0 Å². The van der Waals surface area contributed by atoms with Crippen molar-refractivity contribution < 1.29 is 19.3 Å². The fraction of sp³-hybridized carbons (Fsp3) is 0.500. The van der Waals surface area contributed by atoms with Gasteiger partial charge in [0.1, 0.15) is 11.9 Å². The quantitative estimate of drug-likeness (QED) is 0.741. The van der Waals surface area contributed by atoms with Crippen LogP contribution in [0.25, 0.3) is 0 Å². The molecule has 0 radical (unpaired) electrons. The third-order valence-corrected chi connectivity index (χ3v) is 3.20. The number of nitrogens with two attached hydrogens (primary N) is 1. The summed E-state index contributed by atoms with van der Waals surface area (Å²) in [5.74, 6) is -0.372. The van der Waals surface area contributed by atoms with Crippen molar-refractivity contribution in [3.8, 4) is 0 Å². The van der Waals surface area contributed by atoms with Crippen LogP contribution in [0.1, 0.15) is 39.3 Å². The number of nitrogens with one attached hydrogen (secondary N) is 2. The fourth-order valence-corrected chi connectivity index (χ4v) is 2.19. The van der Waals surface area contributed by atoms with E-state index in [1.807, 2.05) is 33.0 Å². The second kappa shape index (κ2) is 8.48. The highest BCUT2D eigenvalue weighted by molar-refractivity contribution is 5.94. The molecule has 1 rings (SSSR count). The molecule has 0 fully saturated rings. The minimum Gasteiger partial charge on any atom is -0.336 e. The minimum atomic E-state index is -0.490. The summed E-state index contributed by atoms with van der Waals surface area (Å²) >= 11 is 0. The molecule has 0 aromatic heterocycles. The first-order valence-corrected chi connectivity index (χ1v) is 7.48. The molecule has 0 saturated heterocycles. The maximum Gasteiger partial charge on any atom is 0.321 e. The molecular weight excluding hydrogens is 285 g/mol.